The van der Waals surface area contributed by atoms with E-state index in [4.69, 9.17) is 0 Å². The van der Waals surface area contributed by atoms with Crippen LogP contribution in [0.1, 0.15) is 17.7 Å². The third kappa shape index (κ3) is 2.00. The zero-order chi connectivity index (χ0) is 9.10. The molecule has 1 N–H and O–H groups in total. The smallest absolute Gasteiger partial charge is 0.185 e. The van der Waals surface area contributed by atoms with Crippen molar-refractivity contribution in [2.24, 2.45) is 0 Å². The van der Waals surface area contributed by atoms with E-state index < -0.39 is 0 Å². The lowest BCUT2D eigenvalue weighted by molar-refractivity contribution is 0.829. The number of hydrogen-bond acceptors (Lipinski definition) is 4. The summed E-state index contributed by atoms with van der Waals surface area (Å²) < 4.78 is 0. The molecular formula is C9H15N3S. The normalized spacial score (nSPS) is 16.8. The quantitative estimate of drug-likeness (QED) is 0.795. The third-order valence-electron chi connectivity index (χ3n) is 2.27. The first-order chi connectivity index (χ1) is 6.40. The summed E-state index contributed by atoms with van der Waals surface area (Å²) in [7, 11) is 1.97. The molecule has 4 heteroatoms. The first kappa shape index (κ1) is 8.97. The lowest BCUT2D eigenvalue weighted by Crippen LogP contribution is -2.16. The highest BCUT2D eigenvalue weighted by atomic mass is 32.1. The van der Waals surface area contributed by atoms with Gasteiger partial charge in [0, 0.05) is 30.7 Å². The summed E-state index contributed by atoms with van der Waals surface area (Å²) in [6, 6.07) is 0. The van der Waals surface area contributed by atoms with E-state index in [1.54, 1.807) is 0 Å². The van der Waals surface area contributed by atoms with Gasteiger partial charge in [0.25, 0.3) is 0 Å². The van der Waals surface area contributed by atoms with Gasteiger partial charge in [-0.3, -0.25) is 0 Å². The van der Waals surface area contributed by atoms with Crippen LogP contribution < -0.4 is 10.2 Å². The zero-order valence-corrected chi connectivity index (χ0v) is 8.73. The van der Waals surface area contributed by atoms with Crippen LogP contribution in [0.25, 0.3) is 0 Å². The SMILES string of the molecule is CNCc1cnc(N2CCCC2)s1. The topological polar surface area (TPSA) is 28.2 Å². The summed E-state index contributed by atoms with van der Waals surface area (Å²) >= 11 is 1.81. The molecule has 1 fully saturated rings. The van der Waals surface area contributed by atoms with Crippen LogP contribution in [0.5, 0.6) is 0 Å². The Bertz CT molecular complexity index is 266. The average Bonchev–Trinajstić information content (AvgIpc) is 2.70. The highest BCUT2D eigenvalue weighted by molar-refractivity contribution is 7.15. The second kappa shape index (κ2) is 4.07. The molecule has 1 aliphatic rings. The van der Waals surface area contributed by atoms with Crippen LogP contribution in [0.15, 0.2) is 6.20 Å². The van der Waals surface area contributed by atoms with Gasteiger partial charge in [0.15, 0.2) is 5.13 Å². The van der Waals surface area contributed by atoms with Gasteiger partial charge in [-0.1, -0.05) is 0 Å². The Balaban J connectivity index is 2.03. The van der Waals surface area contributed by atoms with Crippen LogP contribution in [-0.2, 0) is 6.54 Å². The molecule has 0 radical (unpaired) electrons. The summed E-state index contributed by atoms with van der Waals surface area (Å²) in [6.07, 6.45) is 4.62. The number of rotatable bonds is 3. The third-order valence-corrected chi connectivity index (χ3v) is 3.33. The molecule has 3 nitrogen and oxygen atoms in total. The predicted octanol–water partition coefficient (Wildman–Crippen LogP) is 1.46. The summed E-state index contributed by atoms with van der Waals surface area (Å²) in [5.74, 6) is 0. The average molecular weight is 197 g/mol. The lowest BCUT2D eigenvalue weighted by atomic mass is 10.4. The van der Waals surface area contributed by atoms with E-state index in [-0.39, 0.29) is 0 Å². The maximum atomic E-state index is 4.42. The molecule has 0 spiro atoms. The minimum atomic E-state index is 0.936. The number of nitrogens with zero attached hydrogens (tertiary/aromatic N) is 2. The minimum Gasteiger partial charge on any atom is -0.348 e. The molecular weight excluding hydrogens is 182 g/mol. The zero-order valence-electron chi connectivity index (χ0n) is 7.92. The maximum Gasteiger partial charge on any atom is 0.185 e. The van der Waals surface area contributed by atoms with Gasteiger partial charge in [-0.15, -0.1) is 11.3 Å². The molecule has 0 aromatic carbocycles. The fraction of sp³-hybridized carbons (Fsp3) is 0.667. The number of hydrogen-bond donors (Lipinski definition) is 1. The molecule has 0 atom stereocenters. The molecule has 1 aromatic heterocycles. The lowest BCUT2D eigenvalue weighted by Gasteiger charge is -2.11. The van der Waals surface area contributed by atoms with E-state index in [0.29, 0.717) is 0 Å². The first-order valence-electron chi connectivity index (χ1n) is 4.74. The Morgan fingerprint density at radius 2 is 2.31 bits per heavy atom. The Morgan fingerprint density at radius 3 is 3.00 bits per heavy atom. The predicted molar refractivity (Wildman–Crippen MR) is 56.3 cm³/mol. The monoisotopic (exact) mass is 197 g/mol. The summed E-state index contributed by atoms with van der Waals surface area (Å²) in [5.41, 5.74) is 0. The number of aromatic nitrogens is 1. The highest BCUT2D eigenvalue weighted by Crippen LogP contribution is 2.25. The van der Waals surface area contributed by atoms with Crippen molar-refractivity contribution in [2.45, 2.75) is 19.4 Å². The van der Waals surface area contributed by atoms with Crippen LogP contribution in [0.4, 0.5) is 5.13 Å². The highest BCUT2D eigenvalue weighted by Gasteiger charge is 2.14. The van der Waals surface area contributed by atoms with Gasteiger partial charge in [0.2, 0.25) is 0 Å². The second-order valence-electron chi connectivity index (χ2n) is 3.33. The van der Waals surface area contributed by atoms with Crippen LogP contribution in [0.2, 0.25) is 0 Å². The largest absolute Gasteiger partial charge is 0.348 e. The van der Waals surface area contributed by atoms with Gasteiger partial charge in [-0.05, 0) is 19.9 Å². The van der Waals surface area contributed by atoms with E-state index >= 15 is 0 Å². The van der Waals surface area contributed by atoms with Crippen LogP contribution >= 0.6 is 11.3 Å². The van der Waals surface area contributed by atoms with Gasteiger partial charge in [-0.2, -0.15) is 0 Å². The van der Waals surface area contributed by atoms with Gasteiger partial charge >= 0.3 is 0 Å². The van der Waals surface area contributed by atoms with Crippen LogP contribution in [0.3, 0.4) is 0 Å². The number of thiazole rings is 1. The van der Waals surface area contributed by atoms with E-state index in [9.17, 15) is 0 Å². The van der Waals surface area contributed by atoms with Crippen molar-refractivity contribution in [1.29, 1.82) is 0 Å². The second-order valence-corrected chi connectivity index (χ2v) is 4.43. The van der Waals surface area contributed by atoms with Crippen LogP contribution in [0, 0.1) is 0 Å². The summed E-state index contributed by atoms with van der Waals surface area (Å²) in [6.45, 7) is 3.31. The standard InChI is InChI=1S/C9H15N3S/c1-10-6-8-7-11-9(13-8)12-4-2-3-5-12/h7,10H,2-6H2,1H3. The summed E-state index contributed by atoms with van der Waals surface area (Å²) in [5, 5.41) is 4.34. The molecule has 0 bridgehead atoms. The van der Waals surface area contributed by atoms with E-state index in [1.807, 2.05) is 24.6 Å². The molecule has 1 saturated heterocycles. The van der Waals surface area contributed by atoms with Gasteiger partial charge in [0.05, 0.1) is 0 Å². The van der Waals surface area contributed by atoms with Crippen molar-refractivity contribution in [1.82, 2.24) is 10.3 Å². The molecule has 0 unspecified atom stereocenters. The Hall–Kier alpha value is -0.610. The van der Waals surface area contributed by atoms with E-state index in [0.717, 1.165) is 6.54 Å². The molecule has 1 aromatic rings. The Labute approximate surface area is 82.8 Å². The van der Waals surface area contributed by atoms with Gasteiger partial charge in [-0.25, -0.2) is 4.98 Å². The van der Waals surface area contributed by atoms with Crippen molar-refractivity contribution >= 4 is 16.5 Å². The molecule has 0 aliphatic carbocycles. The van der Waals surface area contributed by atoms with Crippen molar-refractivity contribution in [3.05, 3.63) is 11.1 Å². The molecule has 2 heterocycles. The molecule has 1 aliphatic heterocycles. The maximum absolute atomic E-state index is 4.42. The fourth-order valence-corrected chi connectivity index (χ4v) is 2.58. The summed E-state index contributed by atoms with van der Waals surface area (Å²) in [4.78, 5) is 8.12. The van der Waals surface area contributed by atoms with Crippen molar-refractivity contribution < 1.29 is 0 Å². The van der Waals surface area contributed by atoms with Gasteiger partial charge in [0.1, 0.15) is 0 Å². The molecule has 72 valence electrons. The molecule has 0 amide bonds. The van der Waals surface area contributed by atoms with Crippen molar-refractivity contribution in [3.63, 3.8) is 0 Å². The number of nitrogens with one attached hydrogen (secondary N) is 1. The number of anilines is 1. The van der Waals surface area contributed by atoms with E-state index in [1.165, 1.54) is 35.9 Å². The molecule has 13 heavy (non-hydrogen) atoms. The molecule has 2 rings (SSSR count). The molecule has 0 saturated carbocycles. The van der Waals surface area contributed by atoms with Crippen molar-refractivity contribution in [2.75, 3.05) is 25.0 Å². The van der Waals surface area contributed by atoms with Crippen LogP contribution in [-0.4, -0.2) is 25.1 Å². The Kier molecular flexibility index (Phi) is 2.80. The van der Waals surface area contributed by atoms with Crippen molar-refractivity contribution in [3.8, 4) is 0 Å². The van der Waals surface area contributed by atoms with E-state index in [2.05, 4.69) is 15.2 Å². The Morgan fingerprint density at radius 1 is 1.54 bits per heavy atom. The minimum absolute atomic E-state index is 0.936. The fourth-order valence-electron chi connectivity index (χ4n) is 1.61. The first-order valence-corrected chi connectivity index (χ1v) is 5.56. The van der Waals surface area contributed by atoms with Gasteiger partial charge < -0.3 is 10.2 Å².